The second kappa shape index (κ2) is 8.62. The molecule has 0 saturated heterocycles. The number of carbonyl (C=O) groups excluding carboxylic acids is 2. The molecule has 0 radical (unpaired) electrons. The van der Waals surface area contributed by atoms with Crippen LogP contribution >= 0.6 is 22.6 Å². The average molecular weight is 507 g/mol. The topological polar surface area (TPSA) is 70.6 Å². The highest BCUT2D eigenvalue weighted by molar-refractivity contribution is 14.1. The Kier molecular flexibility index (Phi) is 5.76. The van der Waals surface area contributed by atoms with Crippen LogP contribution in [-0.4, -0.2) is 18.0 Å². The number of fused-ring (bicyclic) bond motifs is 2. The van der Waals surface area contributed by atoms with Crippen molar-refractivity contribution in [3.8, 4) is 0 Å². The molecule has 4 aromatic rings. The highest BCUT2D eigenvalue weighted by atomic mass is 127. The average Bonchev–Trinajstić information content (AvgIpc) is 2.75. The molecule has 0 aliphatic carbocycles. The van der Waals surface area contributed by atoms with Gasteiger partial charge in [-0.3, -0.25) is 9.59 Å². The fraction of sp³-hybridized carbons (Fsp3) is 0.0417. The Hall–Kier alpha value is -3.26. The third kappa shape index (κ3) is 4.18. The summed E-state index contributed by atoms with van der Waals surface area (Å²) >= 11 is 2.19. The van der Waals surface area contributed by atoms with Crippen molar-refractivity contribution in [3.63, 3.8) is 0 Å². The Morgan fingerprint density at radius 2 is 1.50 bits per heavy atom. The van der Waals surface area contributed by atoms with E-state index in [2.05, 4.69) is 44.5 Å². The van der Waals surface area contributed by atoms with Crippen LogP contribution in [-0.2, 0) is 9.59 Å². The first kappa shape index (κ1) is 20.0. The molecule has 6 heteroatoms. The molecule has 4 rings (SSSR count). The summed E-state index contributed by atoms with van der Waals surface area (Å²) in [4.78, 5) is 24.4. The lowest BCUT2D eigenvalue weighted by atomic mass is 9.97. The molecule has 0 aromatic heterocycles. The summed E-state index contributed by atoms with van der Waals surface area (Å²) in [6.07, 6.45) is 1.59. The number of anilines is 1. The standard InChI is InChI=1S/C24H18IN3O2/c1-15-12-18(25)10-11-22(15)27-23(29)24(30)28-26-14-21-19-8-4-2-6-16(19)13-17-7-3-5-9-20(17)21/h2-14H,1H3,(H,27,29)(H,28,30). The Balaban J connectivity index is 1.56. The zero-order valence-electron chi connectivity index (χ0n) is 16.1. The number of nitrogens with one attached hydrogen (secondary N) is 2. The molecule has 0 atom stereocenters. The van der Waals surface area contributed by atoms with Gasteiger partial charge in [-0.15, -0.1) is 0 Å². The Morgan fingerprint density at radius 1 is 0.867 bits per heavy atom. The van der Waals surface area contributed by atoms with Gasteiger partial charge in [0.15, 0.2) is 0 Å². The van der Waals surface area contributed by atoms with Crippen molar-refractivity contribution in [2.75, 3.05) is 5.32 Å². The molecule has 0 aliphatic heterocycles. The molecule has 0 aliphatic rings. The molecule has 0 bridgehead atoms. The van der Waals surface area contributed by atoms with Crippen LogP contribution in [0.5, 0.6) is 0 Å². The van der Waals surface area contributed by atoms with Crippen molar-refractivity contribution in [1.82, 2.24) is 5.43 Å². The lowest BCUT2D eigenvalue weighted by molar-refractivity contribution is -0.136. The minimum Gasteiger partial charge on any atom is -0.317 e. The lowest BCUT2D eigenvalue weighted by Crippen LogP contribution is -2.32. The van der Waals surface area contributed by atoms with Gasteiger partial charge >= 0.3 is 11.8 Å². The van der Waals surface area contributed by atoms with Gasteiger partial charge in [0.25, 0.3) is 0 Å². The SMILES string of the molecule is Cc1cc(I)ccc1NC(=O)C(=O)NN=Cc1c2ccccc2cc2ccccc12. The highest BCUT2D eigenvalue weighted by Crippen LogP contribution is 2.27. The van der Waals surface area contributed by atoms with Gasteiger partial charge in [0.1, 0.15) is 0 Å². The number of benzene rings is 4. The van der Waals surface area contributed by atoms with Crippen LogP contribution in [0.15, 0.2) is 77.9 Å². The molecule has 0 spiro atoms. The van der Waals surface area contributed by atoms with Crippen LogP contribution in [0.25, 0.3) is 21.5 Å². The van der Waals surface area contributed by atoms with E-state index >= 15 is 0 Å². The van der Waals surface area contributed by atoms with Crippen LogP contribution < -0.4 is 10.7 Å². The number of hydrazone groups is 1. The van der Waals surface area contributed by atoms with E-state index in [1.165, 1.54) is 0 Å². The van der Waals surface area contributed by atoms with Gasteiger partial charge in [-0.25, -0.2) is 5.43 Å². The molecule has 4 aromatic carbocycles. The van der Waals surface area contributed by atoms with E-state index in [1.54, 1.807) is 12.3 Å². The number of rotatable bonds is 3. The molecule has 0 fully saturated rings. The van der Waals surface area contributed by atoms with Crippen molar-refractivity contribution < 1.29 is 9.59 Å². The monoisotopic (exact) mass is 507 g/mol. The fourth-order valence-electron chi connectivity index (χ4n) is 3.34. The van der Waals surface area contributed by atoms with Gasteiger partial charge in [0.05, 0.1) is 6.21 Å². The normalized spacial score (nSPS) is 11.1. The molecule has 0 saturated carbocycles. The molecule has 5 nitrogen and oxygen atoms in total. The fourth-order valence-corrected chi connectivity index (χ4v) is 3.99. The molecular weight excluding hydrogens is 489 g/mol. The summed E-state index contributed by atoms with van der Waals surface area (Å²) in [5.74, 6) is -1.59. The van der Waals surface area contributed by atoms with Crippen molar-refractivity contribution in [2.24, 2.45) is 5.10 Å². The maximum absolute atomic E-state index is 12.2. The maximum atomic E-state index is 12.2. The van der Waals surface area contributed by atoms with E-state index in [1.807, 2.05) is 67.6 Å². The summed E-state index contributed by atoms with van der Waals surface area (Å²) in [5, 5.41) is 10.9. The predicted molar refractivity (Wildman–Crippen MR) is 130 cm³/mol. The van der Waals surface area contributed by atoms with E-state index in [0.717, 1.165) is 36.2 Å². The highest BCUT2D eigenvalue weighted by Gasteiger charge is 2.14. The number of nitrogens with zero attached hydrogens (tertiary/aromatic N) is 1. The number of carbonyl (C=O) groups is 2. The molecule has 2 N–H and O–H groups in total. The Bertz CT molecular complexity index is 1260. The summed E-state index contributed by atoms with van der Waals surface area (Å²) in [5.41, 5.74) is 4.70. The summed E-state index contributed by atoms with van der Waals surface area (Å²) < 4.78 is 1.06. The molecule has 148 valence electrons. The number of hydrogen-bond acceptors (Lipinski definition) is 3. The summed E-state index contributed by atoms with van der Waals surface area (Å²) in [6, 6.07) is 23.7. The first-order valence-corrected chi connectivity index (χ1v) is 10.4. The van der Waals surface area contributed by atoms with Crippen LogP contribution in [0.3, 0.4) is 0 Å². The third-order valence-electron chi connectivity index (χ3n) is 4.82. The summed E-state index contributed by atoms with van der Waals surface area (Å²) in [7, 11) is 0. The number of amides is 2. The van der Waals surface area contributed by atoms with Gasteiger partial charge in [0.2, 0.25) is 0 Å². The van der Waals surface area contributed by atoms with Gasteiger partial charge in [-0.1, -0.05) is 48.5 Å². The zero-order chi connectivity index (χ0) is 21.1. The quantitative estimate of drug-likeness (QED) is 0.135. The van der Waals surface area contributed by atoms with Gasteiger partial charge in [-0.2, -0.15) is 5.10 Å². The van der Waals surface area contributed by atoms with Crippen LogP contribution in [0.2, 0.25) is 0 Å². The van der Waals surface area contributed by atoms with E-state index in [0.29, 0.717) is 5.69 Å². The number of halogens is 1. The molecular formula is C24H18IN3O2. The first-order valence-electron chi connectivity index (χ1n) is 9.34. The number of hydrogen-bond donors (Lipinski definition) is 2. The van der Waals surface area contributed by atoms with Crippen molar-refractivity contribution in [3.05, 3.63) is 87.5 Å². The second-order valence-electron chi connectivity index (χ2n) is 6.85. The van der Waals surface area contributed by atoms with Gasteiger partial charge in [-0.05, 0) is 80.9 Å². The summed E-state index contributed by atoms with van der Waals surface area (Å²) in [6.45, 7) is 1.87. The molecule has 30 heavy (non-hydrogen) atoms. The largest absolute Gasteiger partial charge is 0.329 e. The molecule has 0 heterocycles. The minimum absolute atomic E-state index is 0.597. The van der Waals surface area contributed by atoms with Crippen LogP contribution in [0.4, 0.5) is 5.69 Å². The molecule has 2 amide bonds. The zero-order valence-corrected chi connectivity index (χ0v) is 18.3. The smallest absolute Gasteiger partial charge is 0.317 e. The van der Waals surface area contributed by atoms with E-state index in [-0.39, 0.29) is 0 Å². The Morgan fingerprint density at radius 3 is 2.13 bits per heavy atom. The first-order chi connectivity index (χ1) is 14.5. The van der Waals surface area contributed by atoms with E-state index < -0.39 is 11.8 Å². The third-order valence-corrected chi connectivity index (χ3v) is 5.49. The maximum Gasteiger partial charge on any atom is 0.329 e. The molecule has 0 unspecified atom stereocenters. The lowest BCUT2D eigenvalue weighted by Gasteiger charge is -2.09. The minimum atomic E-state index is -0.825. The van der Waals surface area contributed by atoms with Crippen molar-refractivity contribution >= 4 is 67.9 Å². The van der Waals surface area contributed by atoms with Gasteiger partial charge in [0, 0.05) is 14.8 Å². The van der Waals surface area contributed by atoms with E-state index in [9.17, 15) is 9.59 Å². The van der Waals surface area contributed by atoms with Crippen LogP contribution in [0.1, 0.15) is 11.1 Å². The van der Waals surface area contributed by atoms with Gasteiger partial charge < -0.3 is 5.32 Å². The Labute approximate surface area is 187 Å². The number of aryl methyl sites for hydroxylation is 1. The van der Waals surface area contributed by atoms with Crippen molar-refractivity contribution in [1.29, 1.82) is 0 Å². The van der Waals surface area contributed by atoms with Crippen molar-refractivity contribution in [2.45, 2.75) is 6.92 Å². The second-order valence-corrected chi connectivity index (χ2v) is 8.09. The van der Waals surface area contributed by atoms with Crippen LogP contribution in [0, 0.1) is 10.5 Å². The predicted octanol–water partition coefficient (Wildman–Crippen LogP) is 4.99. The van der Waals surface area contributed by atoms with E-state index in [4.69, 9.17) is 0 Å².